The summed E-state index contributed by atoms with van der Waals surface area (Å²) in [6.07, 6.45) is 5.50. The van der Waals surface area contributed by atoms with E-state index in [9.17, 15) is 0 Å². The van der Waals surface area contributed by atoms with Gasteiger partial charge in [-0.1, -0.05) is 0 Å². The molecule has 0 bridgehead atoms. The van der Waals surface area contributed by atoms with Crippen LogP contribution in [0.2, 0.25) is 0 Å². The van der Waals surface area contributed by atoms with Crippen LogP contribution in [0, 0.1) is 6.92 Å². The first-order chi connectivity index (χ1) is 7.74. The molecule has 5 nitrogen and oxygen atoms in total. The summed E-state index contributed by atoms with van der Waals surface area (Å²) in [5, 5.41) is 7.40. The summed E-state index contributed by atoms with van der Waals surface area (Å²) in [6, 6.07) is 3.69. The standard InChI is InChI=1S/C11H15N5/c1-9-6-15-16(8-9)5-4-13-11-3-2-10(12)7-14-11/h2-3,6-8H,4-5,12H2,1H3,(H,13,14). The van der Waals surface area contributed by atoms with Crippen molar-refractivity contribution in [3.05, 3.63) is 36.3 Å². The van der Waals surface area contributed by atoms with Crippen molar-refractivity contribution in [3.63, 3.8) is 0 Å². The zero-order valence-electron chi connectivity index (χ0n) is 9.22. The van der Waals surface area contributed by atoms with Gasteiger partial charge in [-0.15, -0.1) is 0 Å². The maximum atomic E-state index is 5.54. The van der Waals surface area contributed by atoms with Crippen molar-refractivity contribution < 1.29 is 0 Å². The third-order valence-electron chi connectivity index (χ3n) is 2.20. The molecule has 5 heteroatoms. The number of aryl methyl sites for hydroxylation is 1. The van der Waals surface area contributed by atoms with E-state index < -0.39 is 0 Å². The second-order valence-corrected chi connectivity index (χ2v) is 3.68. The molecule has 2 heterocycles. The molecule has 16 heavy (non-hydrogen) atoms. The van der Waals surface area contributed by atoms with Crippen LogP contribution in [0.4, 0.5) is 11.5 Å². The first kappa shape index (κ1) is 10.5. The minimum absolute atomic E-state index is 0.674. The van der Waals surface area contributed by atoms with Crippen LogP contribution in [0.25, 0.3) is 0 Å². The second-order valence-electron chi connectivity index (χ2n) is 3.68. The molecule has 0 unspecified atom stereocenters. The van der Waals surface area contributed by atoms with Gasteiger partial charge in [0.15, 0.2) is 0 Å². The Hall–Kier alpha value is -2.04. The van der Waals surface area contributed by atoms with Crippen LogP contribution >= 0.6 is 0 Å². The lowest BCUT2D eigenvalue weighted by atomic mass is 10.4. The average Bonchev–Trinajstić information content (AvgIpc) is 2.67. The lowest BCUT2D eigenvalue weighted by Gasteiger charge is -2.05. The number of rotatable bonds is 4. The maximum absolute atomic E-state index is 5.54. The first-order valence-corrected chi connectivity index (χ1v) is 5.18. The number of nitrogen functional groups attached to an aromatic ring is 1. The zero-order valence-corrected chi connectivity index (χ0v) is 9.22. The molecular formula is C11H15N5. The molecule has 0 saturated heterocycles. The predicted molar refractivity (Wildman–Crippen MR) is 64.1 cm³/mol. The third kappa shape index (κ3) is 2.73. The Bertz CT molecular complexity index is 446. The molecule has 0 spiro atoms. The number of pyridine rings is 1. The van der Waals surface area contributed by atoms with Crippen LogP contribution in [0.1, 0.15) is 5.56 Å². The van der Waals surface area contributed by atoms with Gasteiger partial charge >= 0.3 is 0 Å². The summed E-state index contributed by atoms with van der Waals surface area (Å²) >= 11 is 0. The van der Waals surface area contributed by atoms with Crippen LogP contribution in [0.3, 0.4) is 0 Å². The van der Waals surface area contributed by atoms with Gasteiger partial charge in [-0.2, -0.15) is 5.10 Å². The molecule has 0 aromatic carbocycles. The molecule has 2 aromatic heterocycles. The normalized spacial score (nSPS) is 10.3. The van der Waals surface area contributed by atoms with E-state index in [0.29, 0.717) is 5.69 Å². The van der Waals surface area contributed by atoms with Crippen LogP contribution < -0.4 is 11.1 Å². The lowest BCUT2D eigenvalue weighted by Crippen LogP contribution is -2.11. The van der Waals surface area contributed by atoms with E-state index in [4.69, 9.17) is 5.73 Å². The molecule has 0 aliphatic carbocycles. The molecule has 0 atom stereocenters. The van der Waals surface area contributed by atoms with E-state index in [2.05, 4.69) is 15.4 Å². The van der Waals surface area contributed by atoms with Crippen molar-refractivity contribution in [2.45, 2.75) is 13.5 Å². The van der Waals surface area contributed by atoms with Gasteiger partial charge in [-0.05, 0) is 24.6 Å². The van der Waals surface area contributed by atoms with Crippen molar-refractivity contribution in [1.82, 2.24) is 14.8 Å². The molecular weight excluding hydrogens is 202 g/mol. The largest absolute Gasteiger partial charge is 0.397 e. The molecule has 0 fully saturated rings. The Morgan fingerprint density at radius 3 is 2.88 bits per heavy atom. The summed E-state index contributed by atoms with van der Waals surface area (Å²) < 4.78 is 1.90. The fraction of sp³-hybridized carbons (Fsp3) is 0.273. The highest BCUT2D eigenvalue weighted by Crippen LogP contribution is 2.05. The number of hydrogen-bond donors (Lipinski definition) is 2. The molecule has 0 aliphatic rings. The van der Waals surface area contributed by atoms with Crippen LogP contribution in [0.15, 0.2) is 30.7 Å². The Balaban J connectivity index is 1.82. The molecule has 0 radical (unpaired) electrons. The van der Waals surface area contributed by atoms with E-state index in [1.54, 1.807) is 6.20 Å². The molecule has 2 rings (SSSR count). The van der Waals surface area contributed by atoms with Crippen molar-refractivity contribution in [1.29, 1.82) is 0 Å². The van der Waals surface area contributed by atoms with Gasteiger partial charge in [0.2, 0.25) is 0 Å². The summed E-state index contributed by atoms with van der Waals surface area (Å²) in [7, 11) is 0. The van der Waals surface area contributed by atoms with Gasteiger partial charge in [-0.25, -0.2) is 4.98 Å². The van der Waals surface area contributed by atoms with E-state index in [1.165, 1.54) is 5.56 Å². The summed E-state index contributed by atoms with van der Waals surface area (Å²) in [6.45, 7) is 3.64. The quantitative estimate of drug-likeness (QED) is 0.809. The summed E-state index contributed by atoms with van der Waals surface area (Å²) in [5.41, 5.74) is 7.39. The number of nitrogens with one attached hydrogen (secondary N) is 1. The predicted octanol–water partition coefficient (Wildman–Crippen LogP) is 1.28. The lowest BCUT2D eigenvalue weighted by molar-refractivity contribution is 0.637. The smallest absolute Gasteiger partial charge is 0.126 e. The Morgan fingerprint density at radius 2 is 2.25 bits per heavy atom. The van der Waals surface area contributed by atoms with Crippen LogP contribution in [0.5, 0.6) is 0 Å². The third-order valence-corrected chi connectivity index (χ3v) is 2.20. The summed E-state index contributed by atoms with van der Waals surface area (Å²) in [5.74, 6) is 0.832. The van der Waals surface area contributed by atoms with Gasteiger partial charge in [0.05, 0.1) is 24.6 Å². The fourth-order valence-electron chi connectivity index (χ4n) is 1.40. The van der Waals surface area contributed by atoms with Crippen LogP contribution in [-0.2, 0) is 6.54 Å². The van der Waals surface area contributed by atoms with Crippen molar-refractivity contribution in [2.75, 3.05) is 17.6 Å². The van der Waals surface area contributed by atoms with E-state index in [1.807, 2.05) is 36.1 Å². The highest BCUT2D eigenvalue weighted by Gasteiger charge is 1.95. The first-order valence-electron chi connectivity index (χ1n) is 5.18. The Morgan fingerprint density at radius 1 is 1.38 bits per heavy atom. The number of anilines is 2. The van der Waals surface area contributed by atoms with E-state index in [0.717, 1.165) is 18.9 Å². The van der Waals surface area contributed by atoms with Gasteiger partial charge in [-0.3, -0.25) is 4.68 Å². The topological polar surface area (TPSA) is 68.8 Å². The molecule has 84 valence electrons. The number of aromatic nitrogens is 3. The fourth-order valence-corrected chi connectivity index (χ4v) is 1.40. The zero-order chi connectivity index (χ0) is 11.4. The van der Waals surface area contributed by atoms with Crippen molar-refractivity contribution in [2.24, 2.45) is 0 Å². The Kier molecular flexibility index (Phi) is 3.05. The van der Waals surface area contributed by atoms with Crippen LogP contribution in [-0.4, -0.2) is 21.3 Å². The maximum Gasteiger partial charge on any atom is 0.126 e. The minimum atomic E-state index is 0.674. The minimum Gasteiger partial charge on any atom is -0.397 e. The van der Waals surface area contributed by atoms with E-state index >= 15 is 0 Å². The van der Waals surface area contributed by atoms with Gasteiger partial charge in [0.25, 0.3) is 0 Å². The van der Waals surface area contributed by atoms with Crippen molar-refractivity contribution >= 4 is 11.5 Å². The van der Waals surface area contributed by atoms with Crippen molar-refractivity contribution in [3.8, 4) is 0 Å². The Labute approximate surface area is 94.3 Å². The number of nitrogens with two attached hydrogens (primary N) is 1. The van der Waals surface area contributed by atoms with Gasteiger partial charge in [0, 0.05) is 12.7 Å². The number of nitrogens with zero attached hydrogens (tertiary/aromatic N) is 3. The number of hydrogen-bond acceptors (Lipinski definition) is 4. The summed E-state index contributed by atoms with van der Waals surface area (Å²) in [4.78, 5) is 4.15. The van der Waals surface area contributed by atoms with Gasteiger partial charge in [0.1, 0.15) is 5.82 Å². The SMILES string of the molecule is Cc1cnn(CCNc2ccc(N)cn2)c1. The highest BCUT2D eigenvalue weighted by atomic mass is 15.3. The average molecular weight is 217 g/mol. The molecule has 0 saturated carbocycles. The monoisotopic (exact) mass is 217 g/mol. The highest BCUT2D eigenvalue weighted by molar-refractivity contribution is 5.43. The molecule has 0 amide bonds. The van der Waals surface area contributed by atoms with Gasteiger partial charge < -0.3 is 11.1 Å². The second kappa shape index (κ2) is 4.65. The molecule has 3 N–H and O–H groups in total. The van der Waals surface area contributed by atoms with E-state index in [-0.39, 0.29) is 0 Å². The molecule has 0 aliphatic heterocycles. The molecule has 2 aromatic rings.